The van der Waals surface area contributed by atoms with Crippen LogP contribution in [0.3, 0.4) is 0 Å². The molecule has 1 aromatic heterocycles. The van der Waals surface area contributed by atoms with E-state index in [1.165, 1.54) is 11.4 Å². The van der Waals surface area contributed by atoms with E-state index < -0.39 is 0 Å². The van der Waals surface area contributed by atoms with E-state index in [9.17, 15) is 4.79 Å². The first kappa shape index (κ1) is 31.7. The standard InChI is InChI=1S/C30H41Cl2N7O.ClH/c1-2-29-33-39(14-6-12-35-17-21-37(22-18-35)28-10-4-8-26(32)24-28)30(40)38(29)13-5-11-34-15-19-36(20-16-34)27-9-3-7-25(31)23-27;/h3-4,7-10,23-24H,2,5-6,11-22H2,1H3;1H. The van der Waals surface area contributed by atoms with Crippen molar-refractivity contribution in [3.63, 3.8) is 0 Å². The molecular weight excluding hydrogens is 581 g/mol. The molecule has 41 heavy (non-hydrogen) atoms. The Bertz CT molecular complexity index is 1300. The lowest BCUT2D eigenvalue weighted by Gasteiger charge is -2.36. The van der Waals surface area contributed by atoms with E-state index >= 15 is 0 Å². The van der Waals surface area contributed by atoms with Gasteiger partial charge >= 0.3 is 5.69 Å². The zero-order valence-corrected chi connectivity index (χ0v) is 26.3. The van der Waals surface area contributed by atoms with Crippen LogP contribution in [-0.4, -0.2) is 89.6 Å². The highest BCUT2D eigenvalue weighted by molar-refractivity contribution is 6.31. The third kappa shape index (κ3) is 8.42. The Morgan fingerprint density at radius 1 is 0.707 bits per heavy atom. The minimum atomic E-state index is 0. The predicted molar refractivity (Wildman–Crippen MR) is 173 cm³/mol. The monoisotopic (exact) mass is 621 g/mol. The molecule has 0 saturated carbocycles. The van der Waals surface area contributed by atoms with Crippen molar-refractivity contribution in [3.8, 4) is 0 Å². The van der Waals surface area contributed by atoms with Crippen molar-refractivity contribution in [2.45, 2.75) is 39.3 Å². The Morgan fingerprint density at radius 2 is 1.20 bits per heavy atom. The molecule has 0 bridgehead atoms. The normalized spacial score (nSPS) is 16.7. The molecule has 2 aromatic carbocycles. The van der Waals surface area contributed by atoms with Crippen molar-refractivity contribution < 1.29 is 0 Å². The van der Waals surface area contributed by atoms with Gasteiger partial charge in [-0.1, -0.05) is 42.3 Å². The molecule has 2 aliphatic heterocycles. The summed E-state index contributed by atoms with van der Waals surface area (Å²) in [5.41, 5.74) is 2.42. The van der Waals surface area contributed by atoms with Gasteiger partial charge < -0.3 is 9.80 Å². The van der Waals surface area contributed by atoms with Crippen molar-refractivity contribution in [1.82, 2.24) is 24.1 Å². The minimum absolute atomic E-state index is 0. The van der Waals surface area contributed by atoms with E-state index in [-0.39, 0.29) is 18.1 Å². The molecule has 5 rings (SSSR count). The molecule has 0 amide bonds. The van der Waals surface area contributed by atoms with E-state index in [1.54, 1.807) is 4.68 Å². The quantitative estimate of drug-likeness (QED) is 0.308. The van der Waals surface area contributed by atoms with E-state index in [0.717, 1.165) is 107 Å². The molecule has 0 unspecified atom stereocenters. The van der Waals surface area contributed by atoms with Gasteiger partial charge in [-0.2, -0.15) is 5.10 Å². The van der Waals surface area contributed by atoms with Gasteiger partial charge in [0.1, 0.15) is 5.82 Å². The second-order valence-corrected chi connectivity index (χ2v) is 11.6. The van der Waals surface area contributed by atoms with Gasteiger partial charge in [0.15, 0.2) is 0 Å². The van der Waals surface area contributed by atoms with E-state index in [0.29, 0.717) is 6.54 Å². The fraction of sp³-hybridized carbons (Fsp3) is 0.533. The topological polar surface area (TPSA) is 52.8 Å². The lowest BCUT2D eigenvalue weighted by atomic mass is 10.2. The van der Waals surface area contributed by atoms with Gasteiger partial charge in [-0.25, -0.2) is 9.48 Å². The summed E-state index contributed by atoms with van der Waals surface area (Å²) in [5, 5.41) is 6.25. The summed E-state index contributed by atoms with van der Waals surface area (Å²) in [4.78, 5) is 22.9. The summed E-state index contributed by atoms with van der Waals surface area (Å²) < 4.78 is 3.58. The van der Waals surface area contributed by atoms with Crippen LogP contribution in [0.15, 0.2) is 53.3 Å². The summed E-state index contributed by atoms with van der Waals surface area (Å²) in [6, 6.07) is 16.2. The van der Waals surface area contributed by atoms with Gasteiger partial charge in [-0.05, 0) is 55.8 Å². The van der Waals surface area contributed by atoms with Gasteiger partial charge in [0.05, 0.1) is 0 Å². The number of rotatable bonds is 11. The molecule has 0 aliphatic carbocycles. The molecule has 0 N–H and O–H groups in total. The number of benzene rings is 2. The van der Waals surface area contributed by atoms with Crippen molar-refractivity contribution in [2.75, 3.05) is 75.2 Å². The van der Waals surface area contributed by atoms with Crippen molar-refractivity contribution in [1.29, 1.82) is 0 Å². The van der Waals surface area contributed by atoms with Crippen LogP contribution in [0, 0.1) is 0 Å². The molecule has 3 aromatic rings. The smallest absolute Gasteiger partial charge is 0.345 e. The summed E-state index contributed by atoms with van der Waals surface area (Å²) in [6.45, 7) is 13.5. The average molecular weight is 623 g/mol. The molecule has 224 valence electrons. The fourth-order valence-electron chi connectivity index (χ4n) is 5.82. The summed E-state index contributed by atoms with van der Waals surface area (Å²) in [6.07, 6.45) is 2.65. The first-order valence-corrected chi connectivity index (χ1v) is 15.4. The molecule has 0 atom stereocenters. The third-order valence-electron chi connectivity index (χ3n) is 8.11. The lowest BCUT2D eigenvalue weighted by Crippen LogP contribution is -2.47. The number of aromatic nitrogens is 3. The van der Waals surface area contributed by atoms with Crippen molar-refractivity contribution in [3.05, 3.63) is 74.9 Å². The van der Waals surface area contributed by atoms with Crippen LogP contribution in [-0.2, 0) is 19.5 Å². The zero-order chi connectivity index (χ0) is 27.9. The first-order chi connectivity index (χ1) is 19.5. The highest BCUT2D eigenvalue weighted by Gasteiger charge is 2.19. The molecule has 2 aliphatic rings. The fourth-order valence-corrected chi connectivity index (χ4v) is 6.19. The molecule has 3 heterocycles. The van der Waals surface area contributed by atoms with Crippen molar-refractivity contribution >= 4 is 47.0 Å². The summed E-state index contributed by atoms with van der Waals surface area (Å²) in [7, 11) is 0. The van der Waals surface area contributed by atoms with Crippen LogP contribution in [0.2, 0.25) is 10.0 Å². The maximum absolute atomic E-state index is 13.2. The largest absolute Gasteiger partial charge is 0.369 e. The highest BCUT2D eigenvalue weighted by Crippen LogP contribution is 2.22. The number of piperazine rings is 2. The number of aryl methyl sites for hydroxylation is 2. The third-order valence-corrected chi connectivity index (χ3v) is 8.58. The maximum Gasteiger partial charge on any atom is 0.345 e. The van der Waals surface area contributed by atoms with Gasteiger partial charge in [0, 0.05) is 99.8 Å². The van der Waals surface area contributed by atoms with Crippen molar-refractivity contribution in [2.24, 2.45) is 0 Å². The van der Waals surface area contributed by atoms with Gasteiger partial charge in [-0.15, -0.1) is 12.4 Å². The predicted octanol–water partition coefficient (Wildman–Crippen LogP) is 4.76. The van der Waals surface area contributed by atoms with E-state index in [4.69, 9.17) is 23.2 Å². The molecule has 2 fully saturated rings. The Balaban J connectivity index is 0.00000387. The molecule has 0 spiro atoms. The minimum Gasteiger partial charge on any atom is -0.369 e. The molecule has 2 saturated heterocycles. The maximum atomic E-state index is 13.2. The molecule has 0 radical (unpaired) electrons. The molecule has 11 heteroatoms. The Hall–Kier alpha value is -2.23. The van der Waals surface area contributed by atoms with Crippen LogP contribution < -0.4 is 15.5 Å². The zero-order valence-electron chi connectivity index (χ0n) is 23.9. The Kier molecular flexibility index (Phi) is 11.8. The number of halogens is 3. The summed E-state index contributed by atoms with van der Waals surface area (Å²) >= 11 is 12.3. The highest BCUT2D eigenvalue weighted by atomic mass is 35.5. The number of hydrogen-bond donors (Lipinski definition) is 0. The van der Waals surface area contributed by atoms with E-state index in [2.05, 4.69) is 43.8 Å². The average Bonchev–Trinajstić information content (AvgIpc) is 3.28. The van der Waals surface area contributed by atoms with Gasteiger partial charge in [0.25, 0.3) is 0 Å². The molecular formula is C30H42Cl3N7O. The number of anilines is 2. The second-order valence-electron chi connectivity index (χ2n) is 10.8. The van der Waals surface area contributed by atoms with Crippen LogP contribution >= 0.6 is 35.6 Å². The Morgan fingerprint density at radius 3 is 1.66 bits per heavy atom. The first-order valence-electron chi connectivity index (χ1n) is 14.6. The molecule has 8 nitrogen and oxygen atoms in total. The van der Waals surface area contributed by atoms with Gasteiger partial charge in [0.2, 0.25) is 0 Å². The van der Waals surface area contributed by atoms with E-state index in [1.807, 2.05) is 41.0 Å². The number of hydrogen-bond acceptors (Lipinski definition) is 6. The van der Waals surface area contributed by atoms with Crippen LogP contribution in [0.4, 0.5) is 11.4 Å². The lowest BCUT2D eigenvalue weighted by molar-refractivity contribution is 0.247. The SMILES string of the molecule is CCc1nn(CCCN2CCN(c3cccc(Cl)c3)CC2)c(=O)n1CCCN1CCN(c2cccc(Cl)c2)CC1.Cl. The number of nitrogens with zero attached hydrogens (tertiary/aromatic N) is 7. The van der Waals surface area contributed by atoms with Crippen LogP contribution in [0.5, 0.6) is 0 Å². The van der Waals surface area contributed by atoms with Gasteiger partial charge in [-0.3, -0.25) is 14.4 Å². The second kappa shape index (κ2) is 15.3. The van der Waals surface area contributed by atoms with Crippen LogP contribution in [0.25, 0.3) is 0 Å². The van der Waals surface area contributed by atoms with Crippen LogP contribution in [0.1, 0.15) is 25.6 Å². The summed E-state index contributed by atoms with van der Waals surface area (Å²) in [5.74, 6) is 0.894. The Labute approximate surface area is 259 Å².